The second-order valence-electron chi connectivity index (χ2n) is 6.79. The Bertz CT molecular complexity index is 958. The molecule has 0 unspecified atom stereocenters. The van der Waals surface area contributed by atoms with Gasteiger partial charge in [-0.1, -0.05) is 49.6 Å². The van der Waals surface area contributed by atoms with Crippen molar-refractivity contribution >= 4 is 22.2 Å². The van der Waals surface area contributed by atoms with Crippen LogP contribution in [0, 0.1) is 5.92 Å². The van der Waals surface area contributed by atoms with Gasteiger partial charge in [-0.15, -0.1) is 11.3 Å². The number of thiazole rings is 1. The standard InChI is InChI=1S/C20H21N3O2S/c24-18(16-13-21-20-23(19(16)25)11-12-26-20)22-17(14-7-3-1-4-8-14)15-9-5-2-6-10-15/h1,3-4,7-8,11-13,15,17H,2,5-6,9-10H2,(H,22,24)/t17-/m1/s1. The van der Waals surface area contributed by atoms with E-state index in [0.29, 0.717) is 10.9 Å². The van der Waals surface area contributed by atoms with E-state index in [4.69, 9.17) is 0 Å². The number of fused-ring (bicyclic) bond motifs is 1. The summed E-state index contributed by atoms with van der Waals surface area (Å²) in [6.45, 7) is 0. The molecule has 26 heavy (non-hydrogen) atoms. The zero-order valence-electron chi connectivity index (χ0n) is 14.4. The maximum Gasteiger partial charge on any atom is 0.271 e. The van der Waals surface area contributed by atoms with Gasteiger partial charge in [-0.25, -0.2) is 4.98 Å². The number of aromatic nitrogens is 2. The van der Waals surface area contributed by atoms with Gasteiger partial charge in [-0.05, 0) is 24.3 Å². The minimum absolute atomic E-state index is 0.0772. The molecule has 0 spiro atoms. The molecule has 4 rings (SSSR count). The Morgan fingerprint density at radius 2 is 1.96 bits per heavy atom. The van der Waals surface area contributed by atoms with E-state index < -0.39 is 0 Å². The van der Waals surface area contributed by atoms with Crippen LogP contribution < -0.4 is 10.9 Å². The van der Waals surface area contributed by atoms with Crippen molar-refractivity contribution in [2.24, 2.45) is 5.92 Å². The molecule has 1 saturated carbocycles. The van der Waals surface area contributed by atoms with E-state index in [1.54, 1.807) is 11.6 Å². The number of nitrogens with zero attached hydrogens (tertiary/aromatic N) is 2. The molecule has 1 atom stereocenters. The van der Waals surface area contributed by atoms with E-state index >= 15 is 0 Å². The van der Waals surface area contributed by atoms with Gasteiger partial charge in [0.2, 0.25) is 0 Å². The van der Waals surface area contributed by atoms with Gasteiger partial charge in [-0.3, -0.25) is 14.0 Å². The minimum atomic E-state index is -0.345. The number of nitrogens with one attached hydrogen (secondary N) is 1. The molecule has 1 aliphatic carbocycles. The van der Waals surface area contributed by atoms with Gasteiger partial charge in [0.25, 0.3) is 11.5 Å². The number of benzene rings is 1. The zero-order valence-corrected chi connectivity index (χ0v) is 15.2. The third kappa shape index (κ3) is 3.29. The summed E-state index contributed by atoms with van der Waals surface area (Å²) in [5, 5.41) is 4.92. The van der Waals surface area contributed by atoms with Crippen LogP contribution in [0.1, 0.15) is 54.1 Å². The van der Waals surface area contributed by atoms with Crippen LogP contribution in [-0.4, -0.2) is 15.3 Å². The average Bonchev–Trinajstić information content (AvgIpc) is 3.17. The Morgan fingerprint density at radius 1 is 1.19 bits per heavy atom. The molecule has 0 saturated heterocycles. The molecular weight excluding hydrogens is 346 g/mol. The average molecular weight is 367 g/mol. The lowest BCUT2D eigenvalue weighted by molar-refractivity contribution is 0.0910. The monoisotopic (exact) mass is 367 g/mol. The quantitative estimate of drug-likeness (QED) is 0.763. The van der Waals surface area contributed by atoms with E-state index in [9.17, 15) is 9.59 Å². The third-order valence-corrected chi connectivity index (χ3v) is 5.92. The summed E-state index contributed by atoms with van der Waals surface area (Å²) in [5.41, 5.74) is 0.874. The van der Waals surface area contributed by atoms with Crippen LogP contribution in [0.3, 0.4) is 0 Å². The molecule has 2 heterocycles. The molecule has 3 aromatic rings. The fourth-order valence-corrected chi connectivity index (χ4v) is 4.48. The Hall–Kier alpha value is -2.47. The molecule has 1 aromatic carbocycles. The van der Waals surface area contributed by atoms with E-state index in [2.05, 4.69) is 10.3 Å². The second kappa shape index (κ2) is 7.41. The topological polar surface area (TPSA) is 63.5 Å². The normalized spacial score (nSPS) is 16.5. The Morgan fingerprint density at radius 3 is 2.73 bits per heavy atom. The number of amides is 1. The van der Waals surface area contributed by atoms with Crippen LogP contribution in [0.15, 0.2) is 52.9 Å². The van der Waals surface area contributed by atoms with Crippen LogP contribution in [-0.2, 0) is 0 Å². The highest BCUT2D eigenvalue weighted by Gasteiger charge is 2.27. The highest BCUT2D eigenvalue weighted by Crippen LogP contribution is 2.34. The van der Waals surface area contributed by atoms with Crippen molar-refractivity contribution in [3.8, 4) is 0 Å². The molecule has 0 radical (unpaired) electrons. The fraction of sp³-hybridized carbons (Fsp3) is 0.350. The number of rotatable bonds is 4. The maximum absolute atomic E-state index is 12.9. The van der Waals surface area contributed by atoms with Crippen molar-refractivity contribution in [1.82, 2.24) is 14.7 Å². The van der Waals surface area contributed by atoms with Crippen molar-refractivity contribution in [2.45, 2.75) is 38.1 Å². The molecule has 6 heteroatoms. The molecular formula is C20H21N3O2S. The third-order valence-electron chi connectivity index (χ3n) is 5.15. The van der Waals surface area contributed by atoms with Crippen LogP contribution in [0.5, 0.6) is 0 Å². The lowest BCUT2D eigenvalue weighted by Gasteiger charge is -2.31. The maximum atomic E-state index is 12.9. The summed E-state index contributed by atoms with van der Waals surface area (Å²) in [7, 11) is 0. The first-order chi connectivity index (χ1) is 12.7. The Kier molecular flexibility index (Phi) is 4.84. The number of hydrogen-bond donors (Lipinski definition) is 1. The predicted molar refractivity (Wildman–Crippen MR) is 103 cm³/mol. The summed E-state index contributed by atoms with van der Waals surface area (Å²) in [4.78, 5) is 30.3. The van der Waals surface area contributed by atoms with Crippen molar-refractivity contribution in [3.05, 3.63) is 69.6 Å². The SMILES string of the molecule is O=C(N[C@H](c1ccccc1)C1CCCCC1)c1cnc2sccn2c1=O. The van der Waals surface area contributed by atoms with E-state index in [-0.39, 0.29) is 23.1 Å². The van der Waals surface area contributed by atoms with Crippen LogP contribution >= 0.6 is 11.3 Å². The van der Waals surface area contributed by atoms with Crippen molar-refractivity contribution in [3.63, 3.8) is 0 Å². The molecule has 0 aliphatic heterocycles. The van der Waals surface area contributed by atoms with Crippen molar-refractivity contribution < 1.29 is 4.79 Å². The highest BCUT2D eigenvalue weighted by molar-refractivity contribution is 7.15. The summed E-state index contributed by atoms with van der Waals surface area (Å²) in [6.07, 6.45) is 8.88. The molecule has 1 amide bonds. The summed E-state index contributed by atoms with van der Waals surface area (Å²) < 4.78 is 1.43. The van der Waals surface area contributed by atoms with Gasteiger partial charge in [0.1, 0.15) is 5.56 Å². The second-order valence-corrected chi connectivity index (χ2v) is 7.67. The van der Waals surface area contributed by atoms with E-state index in [1.165, 1.54) is 41.2 Å². The smallest absolute Gasteiger partial charge is 0.271 e. The van der Waals surface area contributed by atoms with Crippen molar-refractivity contribution in [1.29, 1.82) is 0 Å². The van der Waals surface area contributed by atoms with Crippen LogP contribution in [0.4, 0.5) is 0 Å². The first-order valence-corrected chi connectivity index (χ1v) is 9.92. The zero-order chi connectivity index (χ0) is 17.9. The molecule has 1 N–H and O–H groups in total. The molecule has 1 fully saturated rings. The largest absolute Gasteiger partial charge is 0.345 e. The van der Waals surface area contributed by atoms with Gasteiger partial charge in [0, 0.05) is 17.8 Å². The Balaban J connectivity index is 1.64. The summed E-state index contributed by atoms with van der Waals surface area (Å²) in [6, 6.07) is 9.98. The lowest BCUT2D eigenvalue weighted by atomic mass is 9.81. The molecule has 5 nitrogen and oxygen atoms in total. The summed E-state index contributed by atoms with van der Waals surface area (Å²) >= 11 is 1.38. The van der Waals surface area contributed by atoms with Crippen LogP contribution in [0.2, 0.25) is 0 Å². The van der Waals surface area contributed by atoms with E-state index in [1.807, 2.05) is 30.3 Å². The number of hydrogen-bond acceptors (Lipinski definition) is 4. The fourth-order valence-electron chi connectivity index (χ4n) is 3.80. The highest BCUT2D eigenvalue weighted by atomic mass is 32.1. The van der Waals surface area contributed by atoms with Gasteiger partial charge in [-0.2, -0.15) is 0 Å². The number of carbonyl (C=O) groups excluding carboxylic acids is 1. The minimum Gasteiger partial charge on any atom is -0.345 e. The van der Waals surface area contributed by atoms with Crippen LogP contribution in [0.25, 0.3) is 4.96 Å². The number of carbonyl (C=O) groups is 1. The first kappa shape index (κ1) is 17.0. The van der Waals surface area contributed by atoms with Gasteiger partial charge >= 0.3 is 0 Å². The molecule has 134 valence electrons. The van der Waals surface area contributed by atoms with Gasteiger partial charge in [0.15, 0.2) is 4.96 Å². The van der Waals surface area contributed by atoms with Crippen molar-refractivity contribution in [2.75, 3.05) is 0 Å². The summed E-state index contributed by atoms with van der Waals surface area (Å²) in [5.74, 6) is 0.0539. The molecule has 0 bridgehead atoms. The Labute approximate surface area is 155 Å². The predicted octanol–water partition coefficient (Wildman–Crippen LogP) is 3.81. The lowest BCUT2D eigenvalue weighted by Crippen LogP contribution is -2.37. The first-order valence-electron chi connectivity index (χ1n) is 9.05. The molecule has 1 aliphatic rings. The van der Waals surface area contributed by atoms with Gasteiger partial charge in [0.05, 0.1) is 6.04 Å². The van der Waals surface area contributed by atoms with Gasteiger partial charge < -0.3 is 5.32 Å². The molecule has 2 aromatic heterocycles. The van der Waals surface area contributed by atoms with E-state index in [0.717, 1.165) is 18.4 Å².